The van der Waals surface area contributed by atoms with Crippen molar-refractivity contribution in [3.8, 4) is 0 Å². The van der Waals surface area contributed by atoms with Gasteiger partial charge in [-0.2, -0.15) is 12.7 Å². The molecule has 0 aliphatic heterocycles. The third kappa shape index (κ3) is 2.92. The maximum Gasteiger partial charge on any atom is 0.308 e. The fourth-order valence-electron chi connectivity index (χ4n) is 3.09. The lowest BCUT2D eigenvalue weighted by molar-refractivity contribution is 0.102. The summed E-state index contributed by atoms with van der Waals surface area (Å²) in [4.78, 5) is 16.8. The Labute approximate surface area is 162 Å². The third-order valence-electron chi connectivity index (χ3n) is 4.47. The van der Waals surface area contributed by atoms with Crippen LogP contribution in [0.4, 0.5) is 5.69 Å². The van der Waals surface area contributed by atoms with Crippen molar-refractivity contribution >= 4 is 43.6 Å². The lowest BCUT2D eigenvalue weighted by Gasteiger charge is -2.14. The minimum Gasteiger partial charge on any atom is -0.321 e. The molecular weight excluding hydrogens is 376 g/mol. The Morgan fingerprint density at radius 1 is 0.964 bits per heavy atom. The summed E-state index contributed by atoms with van der Waals surface area (Å²) in [6, 6.07) is 17.9. The summed E-state index contributed by atoms with van der Waals surface area (Å²) >= 11 is 0. The van der Waals surface area contributed by atoms with Crippen molar-refractivity contribution in [3.63, 3.8) is 0 Å². The molecular formula is C20H18N4O3S. The number of amides is 1. The zero-order chi connectivity index (χ0) is 19.9. The van der Waals surface area contributed by atoms with Crippen molar-refractivity contribution in [2.75, 3.05) is 19.4 Å². The average Bonchev–Trinajstić information content (AvgIpc) is 3.03. The van der Waals surface area contributed by atoms with Crippen LogP contribution in [0.15, 0.2) is 66.9 Å². The second-order valence-electron chi connectivity index (χ2n) is 6.48. The SMILES string of the molecule is CN(C)S(=O)(=O)n1c2ccccc2c2cc(C(=O)Nc3ccccc3)ncc21. The Kier molecular flexibility index (Phi) is 4.37. The number of pyridine rings is 1. The number of hydrogen-bond donors (Lipinski definition) is 1. The largest absolute Gasteiger partial charge is 0.321 e. The molecule has 0 atom stereocenters. The molecule has 0 aliphatic rings. The van der Waals surface area contributed by atoms with Crippen LogP contribution in [0.3, 0.4) is 0 Å². The zero-order valence-corrected chi connectivity index (χ0v) is 16.1. The number of carbonyl (C=O) groups is 1. The smallest absolute Gasteiger partial charge is 0.308 e. The van der Waals surface area contributed by atoms with Crippen molar-refractivity contribution < 1.29 is 13.2 Å². The molecule has 0 bridgehead atoms. The molecule has 2 heterocycles. The highest BCUT2D eigenvalue weighted by Gasteiger charge is 2.24. The van der Waals surface area contributed by atoms with Crippen LogP contribution in [-0.2, 0) is 10.2 Å². The van der Waals surface area contributed by atoms with Gasteiger partial charge in [-0.3, -0.25) is 4.79 Å². The third-order valence-corrected chi connectivity index (χ3v) is 6.25. The Balaban J connectivity index is 1.89. The Morgan fingerprint density at radius 3 is 2.36 bits per heavy atom. The van der Waals surface area contributed by atoms with Crippen molar-refractivity contribution in [3.05, 3.63) is 72.6 Å². The van der Waals surface area contributed by atoms with Gasteiger partial charge in [0.1, 0.15) is 5.69 Å². The Morgan fingerprint density at radius 2 is 1.64 bits per heavy atom. The van der Waals surface area contributed by atoms with Crippen molar-refractivity contribution in [2.24, 2.45) is 0 Å². The van der Waals surface area contributed by atoms with Gasteiger partial charge in [0.05, 0.1) is 17.2 Å². The topological polar surface area (TPSA) is 84.3 Å². The number of anilines is 1. The summed E-state index contributed by atoms with van der Waals surface area (Å²) in [5.74, 6) is -0.361. The van der Waals surface area contributed by atoms with E-state index < -0.39 is 10.2 Å². The predicted octanol–water partition coefficient (Wildman–Crippen LogP) is 3.10. The van der Waals surface area contributed by atoms with E-state index in [1.807, 2.05) is 30.3 Å². The van der Waals surface area contributed by atoms with Gasteiger partial charge in [-0.25, -0.2) is 8.96 Å². The van der Waals surface area contributed by atoms with E-state index in [-0.39, 0.29) is 11.6 Å². The quantitative estimate of drug-likeness (QED) is 0.576. The van der Waals surface area contributed by atoms with Crippen molar-refractivity contribution in [2.45, 2.75) is 0 Å². The molecule has 8 heteroatoms. The van der Waals surface area contributed by atoms with Crippen LogP contribution in [0.2, 0.25) is 0 Å². The van der Waals surface area contributed by atoms with E-state index in [9.17, 15) is 13.2 Å². The molecule has 7 nitrogen and oxygen atoms in total. The second-order valence-corrected chi connectivity index (χ2v) is 8.47. The molecule has 4 rings (SSSR count). The molecule has 0 saturated heterocycles. The van der Waals surface area contributed by atoms with Gasteiger partial charge in [0.2, 0.25) is 0 Å². The van der Waals surface area contributed by atoms with E-state index in [2.05, 4.69) is 10.3 Å². The summed E-state index contributed by atoms with van der Waals surface area (Å²) in [6.45, 7) is 0. The average molecular weight is 394 g/mol. The fraction of sp³-hybridized carbons (Fsp3) is 0.100. The van der Waals surface area contributed by atoms with Crippen LogP contribution in [0.1, 0.15) is 10.5 Å². The van der Waals surface area contributed by atoms with E-state index in [4.69, 9.17) is 0 Å². The number of carbonyl (C=O) groups excluding carboxylic acids is 1. The van der Waals surface area contributed by atoms with Crippen LogP contribution in [0.5, 0.6) is 0 Å². The van der Waals surface area contributed by atoms with E-state index in [1.165, 1.54) is 24.3 Å². The lowest BCUT2D eigenvalue weighted by Crippen LogP contribution is -2.28. The van der Waals surface area contributed by atoms with E-state index in [1.54, 1.807) is 30.3 Å². The minimum atomic E-state index is -3.76. The van der Waals surface area contributed by atoms with Gasteiger partial charge in [-0.1, -0.05) is 36.4 Å². The molecule has 0 fully saturated rings. The normalized spacial score (nSPS) is 12.0. The van der Waals surface area contributed by atoms with Gasteiger partial charge >= 0.3 is 10.2 Å². The van der Waals surface area contributed by atoms with Crippen molar-refractivity contribution in [1.82, 2.24) is 13.3 Å². The van der Waals surface area contributed by atoms with Gasteiger partial charge in [0.15, 0.2) is 0 Å². The number of nitrogens with zero attached hydrogens (tertiary/aromatic N) is 3. The first-order chi connectivity index (χ1) is 13.4. The van der Waals surface area contributed by atoms with E-state index in [0.29, 0.717) is 22.1 Å². The van der Waals surface area contributed by atoms with Gasteiger partial charge in [0, 0.05) is 30.6 Å². The number of hydrogen-bond acceptors (Lipinski definition) is 4. The first-order valence-electron chi connectivity index (χ1n) is 8.58. The van der Waals surface area contributed by atoms with Crippen LogP contribution >= 0.6 is 0 Å². The predicted molar refractivity (Wildman–Crippen MR) is 110 cm³/mol. The molecule has 2 aromatic carbocycles. The molecule has 2 aromatic heterocycles. The summed E-state index contributed by atoms with van der Waals surface area (Å²) < 4.78 is 28.1. The van der Waals surface area contributed by atoms with Gasteiger partial charge in [0.25, 0.3) is 5.91 Å². The standard InChI is InChI=1S/C20H18N4O3S/c1-23(2)28(26,27)24-18-11-7-6-10-15(18)16-12-17(21-13-19(16)24)20(25)22-14-8-4-3-5-9-14/h3-13H,1-2H3,(H,22,25). The van der Waals surface area contributed by atoms with Gasteiger partial charge in [-0.15, -0.1) is 0 Å². The molecule has 0 saturated carbocycles. The zero-order valence-electron chi connectivity index (χ0n) is 15.3. The minimum absolute atomic E-state index is 0.210. The van der Waals surface area contributed by atoms with Crippen LogP contribution < -0.4 is 5.32 Å². The fourth-order valence-corrected chi connectivity index (χ4v) is 4.22. The Hall–Kier alpha value is -3.23. The second kappa shape index (κ2) is 6.74. The molecule has 0 aliphatic carbocycles. The van der Waals surface area contributed by atoms with Crippen LogP contribution in [0, 0.1) is 0 Å². The number of aromatic nitrogens is 2. The van der Waals surface area contributed by atoms with Crippen LogP contribution in [0.25, 0.3) is 21.8 Å². The Bertz CT molecular complexity index is 1300. The number of rotatable bonds is 4. The summed E-state index contributed by atoms with van der Waals surface area (Å²) in [7, 11) is -0.805. The molecule has 28 heavy (non-hydrogen) atoms. The van der Waals surface area contributed by atoms with Crippen molar-refractivity contribution in [1.29, 1.82) is 0 Å². The number of fused-ring (bicyclic) bond motifs is 3. The molecule has 0 unspecified atom stereocenters. The number of nitrogens with one attached hydrogen (secondary N) is 1. The lowest BCUT2D eigenvalue weighted by atomic mass is 10.1. The molecule has 0 spiro atoms. The highest BCUT2D eigenvalue weighted by Crippen LogP contribution is 2.31. The molecule has 1 amide bonds. The van der Waals surface area contributed by atoms with E-state index >= 15 is 0 Å². The first-order valence-corrected chi connectivity index (χ1v) is 9.98. The maximum atomic E-state index is 12.9. The monoisotopic (exact) mass is 394 g/mol. The molecule has 0 radical (unpaired) electrons. The highest BCUT2D eigenvalue weighted by molar-refractivity contribution is 7.87. The molecule has 1 N–H and O–H groups in total. The number of para-hydroxylation sites is 2. The summed E-state index contributed by atoms with van der Waals surface area (Å²) in [5, 5.41) is 4.17. The van der Waals surface area contributed by atoms with E-state index in [0.717, 1.165) is 9.69 Å². The number of benzene rings is 2. The van der Waals surface area contributed by atoms with Crippen LogP contribution in [-0.4, -0.2) is 41.7 Å². The summed E-state index contributed by atoms with van der Waals surface area (Å²) in [6.07, 6.45) is 1.43. The summed E-state index contributed by atoms with van der Waals surface area (Å²) in [5.41, 5.74) is 1.83. The maximum absolute atomic E-state index is 12.9. The first kappa shape index (κ1) is 18.1. The van der Waals surface area contributed by atoms with Gasteiger partial charge < -0.3 is 5.32 Å². The molecule has 142 valence electrons. The highest BCUT2D eigenvalue weighted by atomic mass is 32.2. The van der Waals surface area contributed by atoms with Gasteiger partial charge in [-0.05, 0) is 24.3 Å². The molecule has 4 aromatic rings.